The molecule has 7 heteroatoms. The van der Waals surface area contributed by atoms with Crippen LogP contribution in [0.2, 0.25) is 0 Å². The molecular weight excluding hydrogens is 335 g/mol. The molecule has 1 fully saturated rings. The topological polar surface area (TPSA) is 75.3 Å². The number of pyridine rings is 1. The fourth-order valence-corrected chi connectivity index (χ4v) is 3.43. The van der Waals surface area contributed by atoms with Crippen LogP contribution in [0.1, 0.15) is 17.4 Å². The van der Waals surface area contributed by atoms with Gasteiger partial charge >= 0.3 is 0 Å². The molecule has 1 aliphatic heterocycles. The summed E-state index contributed by atoms with van der Waals surface area (Å²) in [5, 5.41) is 13.8. The van der Waals surface area contributed by atoms with Gasteiger partial charge in [-0.05, 0) is 18.2 Å². The summed E-state index contributed by atoms with van der Waals surface area (Å²) >= 11 is 0. The number of benzene rings is 1. The Balaban J connectivity index is 1.51. The molecule has 26 heavy (non-hydrogen) atoms. The summed E-state index contributed by atoms with van der Waals surface area (Å²) in [7, 11) is 0. The quantitative estimate of drug-likeness (QED) is 0.759. The average Bonchev–Trinajstić information content (AvgIpc) is 3.31. The van der Waals surface area contributed by atoms with Crippen molar-refractivity contribution in [3.05, 3.63) is 66.1 Å². The number of likely N-dealkylation sites (tertiary alicyclic amines) is 1. The lowest BCUT2D eigenvalue weighted by Gasteiger charge is -2.15. The minimum absolute atomic E-state index is 0.0193. The van der Waals surface area contributed by atoms with Gasteiger partial charge in [-0.25, -0.2) is 4.39 Å². The molecule has 134 valence electrons. The van der Waals surface area contributed by atoms with Crippen molar-refractivity contribution >= 4 is 0 Å². The molecule has 0 radical (unpaired) electrons. The third kappa shape index (κ3) is 3.36. The molecule has 0 bridgehead atoms. The highest BCUT2D eigenvalue weighted by Crippen LogP contribution is 2.33. The number of aliphatic hydroxyl groups excluding tert-OH is 1. The van der Waals surface area contributed by atoms with Crippen LogP contribution in [-0.2, 0) is 6.54 Å². The third-order valence-corrected chi connectivity index (χ3v) is 4.80. The Morgan fingerprint density at radius 3 is 2.73 bits per heavy atom. The fourth-order valence-electron chi connectivity index (χ4n) is 3.43. The van der Waals surface area contributed by atoms with Crippen molar-refractivity contribution in [2.45, 2.75) is 12.5 Å². The standard InChI is InChI=1S/C19H19FN4O2/c20-17-4-2-1-3-14(17)9-24-10-15(12-25)16(11-24)19-22-18(23-26-19)13-5-7-21-8-6-13/h1-8,15-16,25H,9-12H2/t15-,16+/m0/s1. The van der Waals surface area contributed by atoms with Gasteiger partial charge in [-0.3, -0.25) is 9.88 Å². The first-order valence-electron chi connectivity index (χ1n) is 8.55. The Morgan fingerprint density at radius 1 is 1.15 bits per heavy atom. The molecule has 0 spiro atoms. The normalized spacial score (nSPS) is 20.5. The van der Waals surface area contributed by atoms with Crippen molar-refractivity contribution < 1.29 is 14.0 Å². The second-order valence-electron chi connectivity index (χ2n) is 6.53. The Labute approximate surface area is 150 Å². The van der Waals surface area contributed by atoms with Gasteiger partial charge in [0.05, 0.1) is 5.92 Å². The second kappa shape index (κ2) is 7.31. The molecule has 1 N–H and O–H groups in total. The van der Waals surface area contributed by atoms with Crippen LogP contribution in [0.5, 0.6) is 0 Å². The highest BCUT2D eigenvalue weighted by molar-refractivity contribution is 5.52. The van der Waals surface area contributed by atoms with Gasteiger partial charge in [0.15, 0.2) is 0 Å². The van der Waals surface area contributed by atoms with E-state index < -0.39 is 0 Å². The molecule has 2 aromatic heterocycles. The van der Waals surface area contributed by atoms with E-state index in [2.05, 4.69) is 20.0 Å². The predicted molar refractivity (Wildman–Crippen MR) is 92.5 cm³/mol. The van der Waals surface area contributed by atoms with Crippen molar-refractivity contribution in [3.8, 4) is 11.4 Å². The lowest BCUT2D eigenvalue weighted by atomic mass is 9.97. The van der Waals surface area contributed by atoms with Crippen molar-refractivity contribution in [3.63, 3.8) is 0 Å². The summed E-state index contributed by atoms with van der Waals surface area (Å²) in [6, 6.07) is 10.4. The second-order valence-corrected chi connectivity index (χ2v) is 6.53. The van der Waals surface area contributed by atoms with Crippen LogP contribution in [0.15, 0.2) is 53.3 Å². The number of nitrogens with zero attached hydrogens (tertiary/aromatic N) is 4. The molecular formula is C19H19FN4O2. The molecule has 3 heterocycles. The lowest BCUT2D eigenvalue weighted by Crippen LogP contribution is -2.21. The molecule has 1 aliphatic rings. The van der Waals surface area contributed by atoms with E-state index in [4.69, 9.17) is 4.52 Å². The van der Waals surface area contributed by atoms with Crippen LogP contribution in [0, 0.1) is 11.7 Å². The fraction of sp³-hybridized carbons (Fsp3) is 0.316. The predicted octanol–water partition coefficient (Wildman–Crippen LogP) is 2.48. The zero-order chi connectivity index (χ0) is 17.9. The maximum Gasteiger partial charge on any atom is 0.231 e. The van der Waals surface area contributed by atoms with Crippen molar-refractivity contribution in [1.29, 1.82) is 0 Å². The molecule has 0 aliphatic carbocycles. The van der Waals surface area contributed by atoms with Gasteiger partial charge in [-0.15, -0.1) is 0 Å². The molecule has 3 aromatic rings. The Hall–Kier alpha value is -2.64. The van der Waals surface area contributed by atoms with Crippen LogP contribution in [0.3, 0.4) is 0 Å². The molecule has 2 atom stereocenters. The van der Waals surface area contributed by atoms with Crippen LogP contribution < -0.4 is 0 Å². The summed E-state index contributed by atoms with van der Waals surface area (Å²) < 4.78 is 19.4. The van der Waals surface area contributed by atoms with Gasteiger partial charge in [-0.1, -0.05) is 23.4 Å². The monoisotopic (exact) mass is 354 g/mol. The first-order chi connectivity index (χ1) is 12.7. The van der Waals surface area contributed by atoms with Gasteiger partial charge in [0, 0.05) is 55.7 Å². The lowest BCUT2D eigenvalue weighted by molar-refractivity contribution is 0.204. The number of rotatable bonds is 5. The molecule has 0 unspecified atom stereocenters. The maximum absolute atomic E-state index is 13.9. The van der Waals surface area contributed by atoms with Crippen LogP contribution >= 0.6 is 0 Å². The Kier molecular flexibility index (Phi) is 4.73. The smallest absolute Gasteiger partial charge is 0.231 e. The number of aromatic nitrogens is 3. The van der Waals surface area contributed by atoms with Gasteiger partial charge in [0.25, 0.3) is 0 Å². The SMILES string of the molecule is OC[C@@H]1CN(Cc2ccccc2F)C[C@H]1c1nc(-c2ccncc2)no1. The first kappa shape index (κ1) is 16.8. The largest absolute Gasteiger partial charge is 0.396 e. The van der Waals surface area contributed by atoms with Gasteiger partial charge in [0.1, 0.15) is 5.82 Å². The number of hydrogen-bond acceptors (Lipinski definition) is 6. The van der Waals surface area contributed by atoms with Gasteiger partial charge in [0.2, 0.25) is 11.7 Å². The molecule has 4 rings (SSSR count). The highest BCUT2D eigenvalue weighted by Gasteiger charge is 2.37. The average molecular weight is 354 g/mol. The third-order valence-electron chi connectivity index (χ3n) is 4.80. The van der Waals surface area contributed by atoms with Crippen LogP contribution in [0.25, 0.3) is 11.4 Å². The van der Waals surface area contributed by atoms with E-state index in [1.54, 1.807) is 24.5 Å². The summed E-state index contributed by atoms with van der Waals surface area (Å²) in [5.41, 5.74) is 1.48. The number of halogens is 1. The zero-order valence-electron chi connectivity index (χ0n) is 14.1. The maximum atomic E-state index is 13.9. The first-order valence-corrected chi connectivity index (χ1v) is 8.55. The molecule has 6 nitrogen and oxygen atoms in total. The van der Waals surface area contributed by atoms with Gasteiger partial charge in [-0.2, -0.15) is 4.98 Å². The van der Waals surface area contributed by atoms with Crippen LogP contribution in [0.4, 0.5) is 4.39 Å². The van der Waals surface area contributed by atoms with E-state index in [1.807, 2.05) is 18.2 Å². The van der Waals surface area contributed by atoms with E-state index in [0.717, 1.165) is 5.56 Å². The van der Waals surface area contributed by atoms with Crippen molar-refractivity contribution in [2.75, 3.05) is 19.7 Å². The van der Waals surface area contributed by atoms with E-state index in [9.17, 15) is 9.50 Å². The summed E-state index contributed by atoms with van der Waals surface area (Å²) in [5.74, 6) is 0.704. The minimum atomic E-state index is -0.214. The van der Waals surface area contributed by atoms with E-state index >= 15 is 0 Å². The van der Waals surface area contributed by atoms with Crippen LogP contribution in [-0.4, -0.2) is 44.8 Å². The van der Waals surface area contributed by atoms with E-state index in [0.29, 0.717) is 36.9 Å². The highest BCUT2D eigenvalue weighted by atomic mass is 19.1. The molecule has 0 saturated carbocycles. The molecule has 1 aromatic carbocycles. The van der Waals surface area contributed by atoms with Gasteiger partial charge < -0.3 is 9.63 Å². The number of hydrogen-bond donors (Lipinski definition) is 1. The summed E-state index contributed by atoms with van der Waals surface area (Å²) in [6.07, 6.45) is 3.35. The molecule has 0 amide bonds. The van der Waals surface area contributed by atoms with E-state index in [-0.39, 0.29) is 24.3 Å². The van der Waals surface area contributed by atoms with Crippen molar-refractivity contribution in [1.82, 2.24) is 20.0 Å². The van der Waals surface area contributed by atoms with Crippen molar-refractivity contribution in [2.24, 2.45) is 5.92 Å². The summed E-state index contributed by atoms with van der Waals surface area (Å²) in [4.78, 5) is 10.6. The van der Waals surface area contributed by atoms with E-state index in [1.165, 1.54) is 6.07 Å². The minimum Gasteiger partial charge on any atom is -0.396 e. The summed E-state index contributed by atoms with van der Waals surface area (Å²) in [6.45, 7) is 1.80. The number of aliphatic hydroxyl groups is 1. The zero-order valence-corrected chi connectivity index (χ0v) is 14.1. The molecule has 1 saturated heterocycles. The Morgan fingerprint density at radius 2 is 1.96 bits per heavy atom. The Bertz CT molecular complexity index is 871.